The van der Waals surface area contributed by atoms with Crippen LogP contribution < -0.4 is 0 Å². The van der Waals surface area contributed by atoms with Gasteiger partial charge in [0.15, 0.2) is 0 Å². The van der Waals surface area contributed by atoms with Crippen molar-refractivity contribution in [3.63, 3.8) is 0 Å². The Hall–Kier alpha value is -1.18. The number of ether oxygens (including phenoxy) is 3. The Morgan fingerprint density at radius 3 is 1.55 bits per heavy atom. The minimum Gasteiger partial charge on any atom is -0.468 e. The molecule has 0 fully saturated rings. The smallest absolute Gasteiger partial charge is 0.357 e. The summed E-state index contributed by atoms with van der Waals surface area (Å²) in [7, 11) is 3.57. The van der Waals surface area contributed by atoms with Gasteiger partial charge < -0.3 is 19.4 Å². The van der Waals surface area contributed by atoms with Crippen molar-refractivity contribution in [2.75, 3.05) is 21.3 Å². The summed E-state index contributed by atoms with van der Waals surface area (Å²) in [5.41, 5.74) is -4.42. The van der Waals surface area contributed by atoms with Crippen molar-refractivity contribution in [1.29, 1.82) is 0 Å². The highest BCUT2D eigenvalue weighted by Gasteiger charge is 2.64. The lowest BCUT2D eigenvalue weighted by molar-refractivity contribution is -0.333. The minimum atomic E-state index is -2.03. The first-order chi connectivity index (χ1) is 8.93. The molecule has 0 aliphatic heterocycles. The minimum absolute atomic E-state index is 0.683. The van der Waals surface area contributed by atoms with Crippen molar-refractivity contribution >= 4 is 11.9 Å². The van der Waals surface area contributed by atoms with Gasteiger partial charge in [-0.3, -0.25) is 4.79 Å². The largest absolute Gasteiger partial charge is 0.468 e. The third-order valence-corrected chi connectivity index (χ3v) is 3.23. The lowest BCUT2D eigenvalue weighted by Crippen LogP contribution is -2.70. The van der Waals surface area contributed by atoms with Crippen LogP contribution in [0.25, 0.3) is 0 Å². The number of hydrogen-bond donors (Lipinski definition) is 1. The maximum Gasteiger partial charge on any atom is 0.357 e. The summed E-state index contributed by atoms with van der Waals surface area (Å²) in [5, 5.41) is 11.2. The fourth-order valence-corrected chi connectivity index (χ4v) is 2.04. The van der Waals surface area contributed by atoms with E-state index in [1.807, 2.05) is 0 Å². The SMILES string of the molecule is COC(=O)C(C)(C)C(OC)(C(=O)OC)N(O)C(C)(C)C. The van der Waals surface area contributed by atoms with E-state index in [2.05, 4.69) is 0 Å². The molecule has 7 nitrogen and oxygen atoms in total. The predicted molar refractivity (Wildman–Crippen MR) is 70.9 cm³/mol. The molecule has 0 heterocycles. The molecule has 0 radical (unpaired) electrons. The molecule has 1 unspecified atom stereocenters. The number of carbonyl (C=O) groups is 2. The normalized spacial score (nSPS) is 15.7. The van der Waals surface area contributed by atoms with Crippen LogP contribution in [0.3, 0.4) is 0 Å². The van der Waals surface area contributed by atoms with Crippen LogP contribution in [0.2, 0.25) is 0 Å². The van der Waals surface area contributed by atoms with E-state index in [4.69, 9.17) is 14.2 Å². The van der Waals surface area contributed by atoms with Gasteiger partial charge in [0.25, 0.3) is 5.72 Å². The molecule has 0 aromatic carbocycles. The molecule has 0 saturated heterocycles. The van der Waals surface area contributed by atoms with E-state index in [0.717, 1.165) is 7.11 Å². The molecule has 1 N–H and O–H groups in total. The van der Waals surface area contributed by atoms with Crippen LogP contribution in [-0.4, -0.2) is 54.8 Å². The van der Waals surface area contributed by atoms with Crippen molar-refractivity contribution in [1.82, 2.24) is 5.06 Å². The second-order valence-corrected chi connectivity index (χ2v) is 5.94. The molecule has 0 aromatic heterocycles. The van der Waals surface area contributed by atoms with Crippen LogP contribution in [0.1, 0.15) is 34.6 Å². The molecular formula is C13H25NO6. The summed E-state index contributed by atoms with van der Waals surface area (Å²) in [6.45, 7) is 7.87. The monoisotopic (exact) mass is 291 g/mol. The predicted octanol–water partition coefficient (Wildman–Crippen LogP) is 1.19. The average molecular weight is 291 g/mol. The van der Waals surface area contributed by atoms with E-state index < -0.39 is 28.6 Å². The molecule has 20 heavy (non-hydrogen) atoms. The Bertz CT molecular complexity index is 374. The van der Waals surface area contributed by atoms with Crippen LogP contribution in [0.4, 0.5) is 0 Å². The van der Waals surface area contributed by atoms with Gasteiger partial charge in [0.2, 0.25) is 0 Å². The molecule has 0 rings (SSSR count). The summed E-state index contributed by atoms with van der Waals surface area (Å²) in [6, 6.07) is 0. The van der Waals surface area contributed by atoms with E-state index in [-0.39, 0.29) is 0 Å². The van der Waals surface area contributed by atoms with E-state index in [0.29, 0.717) is 5.06 Å². The number of methoxy groups -OCH3 is 3. The van der Waals surface area contributed by atoms with Gasteiger partial charge in [0.05, 0.1) is 14.2 Å². The average Bonchev–Trinajstić information content (AvgIpc) is 2.36. The third kappa shape index (κ3) is 2.79. The molecule has 0 spiro atoms. The first-order valence-corrected chi connectivity index (χ1v) is 6.14. The molecule has 1 atom stereocenters. The molecule has 0 aliphatic carbocycles. The topological polar surface area (TPSA) is 85.3 Å². The zero-order valence-electron chi connectivity index (χ0n) is 13.4. The number of hydrogen-bond acceptors (Lipinski definition) is 7. The molecule has 0 aliphatic rings. The van der Waals surface area contributed by atoms with Gasteiger partial charge in [-0.2, -0.15) is 0 Å². The number of nitrogens with zero attached hydrogens (tertiary/aromatic N) is 1. The van der Waals surface area contributed by atoms with Crippen molar-refractivity contribution in [2.24, 2.45) is 5.41 Å². The molecule has 118 valence electrons. The zero-order valence-corrected chi connectivity index (χ0v) is 13.4. The fourth-order valence-electron chi connectivity index (χ4n) is 2.04. The Kier molecular flexibility index (Phi) is 5.71. The van der Waals surface area contributed by atoms with Crippen molar-refractivity contribution < 1.29 is 29.0 Å². The molecule has 0 amide bonds. The number of rotatable bonds is 5. The van der Waals surface area contributed by atoms with E-state index >= 15 is 0 Å². The summed E-state index contributed by atoms with van der Waals surface area (Å²) < 4.78 is 14.7. The molecular weight excluding hydrogens is 266 g/mol. The van der Waals surface area contributed by atoms with E-state index in [1.165, 1.54) is 28.1 Å². The number of carbonyl (C=O) groups excluding carboxylic acids is 2. The van der Waals surface area contributed by atoms with Crippen LogP contribution in [0.15, 0.2) is 0 Å². The fraction of sp³-hybridized carbons (Fsp3) is 0.846. The standard InChI is InChI=1S/C13H25NO6/c1-11(2,3)14(17)13(20-8,10(16)19-7)12(4,5)9(15)18-6/h17H,1-8H3. The highest BCUT2D eigenvalue weighted by molar-refractivity contribution is 5.89. The van der Waals surface area contributed by atoms with Gasteiger partial charge >= 0.3 is 11.9 Å². The first-order valence-electron chi connectivity index (χ1n) is 6.14. The lowest BCUT2D eigenvalue weighted by Gasteiger charge is -2.49. The maximum absolute atomic E-state index is 12.3. The maximum atomic E-state index is 12.3. The van der Waals surface area contributed by atoms with E-state index in [9.17, 15) is 14.8 Å². The first kappa shape index (κ1) is 18.8. The van der Waals surface area contributed by atoms with Gasteiger partial charge in [-0.05, 0) is 34.6 Å². The highest BCUT2D eigenvalue weighted by Crippen LogP contribution is 2.41. The van der Waals surface area contributed by atoms with E-state index in [1.54, 1.807) is 20.8 Å². The van der Waals surface area contributed by atoms with Crippen molar-refractivity contribution in [3.8, 4) is 0 Å². The van der Waals surface area contributed by atoms with Crippen LogP contribution >= 0.6 is 0 Å². The van der Waals surface area contributed by atoms with Crippen LogP contribution in [0.5, 0.6) is 0 Å². The summed E-state index contributed by atoms with van der Waals surface area (Å²) in [6.07, 6.45) is 0. The van der Waals surface area contributed by atoms with Gasteiger partial charge in [0, 0.05) is 12.6 Å². The second kappa shape index (κ2) is 6.07. The van der Waals surface area contributed by atoms with Crippen LogP contribution in [0, 0.1) is 5.41 Å². The van der Waals surface area contributed by atoms with Gasteiger partial charge in [-0.25, -0.2) is 4.79 Å². The van der Waals surface area contributed by atoms with Gasteiger partial charge in [-0.15, -0.1) is 5.06 Å². The second-order valence-electron chi connectivity index (χ2n) is 5.94. The zero-order chi connectivity index (χ0) is 16.4. The molecule has 0 saturated carbocycles. The Balaban J connectivity index is 6.20. The molecule has 0 aromatic rings. The quantitative estimate of drug-likeness (QED) is 0.462. The third-order valence-electron chi connectivity index (χ3n) is 3.23. The Morgan fingerprint density at radius 1 is 0.900 bits per heavy atom. The number of esters is 2. The van der Waals surface area contributed by atoms with Gasteiger partial charge in [0.1, 0.15) is 5.41 Å². The lowest BCUT2D eigenvalue weighted by atomic mass is 9.78. The molecule has 7 heteroatoms. The van der Waals surface area contributed by atoms with Gasteiger partial charge in [-0.1, -0.05) is 0 Å². The Labute approximate surface area is 119 Å². The summed E-state index contributed by atoms with van der Waals surface area (Å²) in [5.74, 6) is -1.61. The number of hydroxylamine groups is 2. The van der Waals surface area contributed by atoms with Crippen LogP contribution in [-0.2, 0) is 23.8 Å². The van der Waals surface area contributed by atoms with Crippen molar-refractivity contribution in [2.45, 2.75) is 45.9 Å². The summed E-state index contributed by atoms with van der Waals surface area (Å²) in [4.78, 5) is 24.3. The highest BCUT2D eigenvalue weighted by atomic mass is 16.6. The summed E-state index contributed by atoms with van der Waals surface area (Å²) >= 11 is 0. The Morgan fingerprint density at radius 2 is 1.30 bits per heavy atom. The molecule has 0 bridgehead atoms. The van der Waals surface area contributed by atoms with Crippen molar-refractivity contribution in [3.05, 3.63) is 0 Å².